The van der Waals surface area contributed by atoms with E-state index in [-0.39, 0.29) is 0 Å². The Morgan fingerprint density at radius 3 is 2.27 bits per heavy atom. The predicted octanol–water partition coefficient (Wildman–Crippen LogP) is 0.467. The molecule has 0 amide bonds. The van der Waals surface area contributed by atoms with Crippen molar-refractivity contribution >= 4 is 5.97 Å². The number of aliphatic hydroxyl groups is 2. The number of carbonyl (C=O) groups is 1. The quantitative estimate of drug-likeness (QED) is 0.636. The van der Waals surface area contributed by atoms with Crippen molar-refractivity contribution in [2.24, 2.45) is 0 Å². The molecule has 0 aliphatic heterocycles. The largest absolute Gasteiger partial charge is 0.481 e. The molecule has 0 fully saturated rings. The molecule has 5 nitrogen and oxygen atoms in total. The highest BCUT2D eigenvalue weighted by molar-refractivity contribution is 5.62. The Labute approximate surface area is 87.6 Å². The summed E-state index contributed by atoms with van der Waals surface area (Å²) in [6.45, 7) is 0.689. The van der Waals surface area contributed by atoms with Crippen LogP contribution in [-0.4, -0.2) is 34.2 Å². The van der Waals surface area contributed by atoms with Gasteiger partial charge in [-0.3, -0.25) is 4.79 Å². The lowest BCUT2D eigenvalue weighted by molar-refractivity contribution is -0.134. The van der Waals surface area contributed by atoms with Gasteiger partial charge in [-0.15, -0.1) is 0 Å². The maximum absolute atomic E-state index is 9.00. The molecule has 84 valence electrons. The fourth-order valence-electron chi connectivity index (χ4n) is 0.693. The first kappa shape index (κ1) is 13.4. The second-order valence-electron chi connectivity index (χ2n) is 2.59. The van der Waals surface area contributed by atoms with Crippen LogP contribution >= 0.6 is 0 Å². The van der Waals surface area contributed by atoms with E-state index < -0.39 is 18.9 Å². The predicted molar refractivity (Wildman–Crippen MR) is 53.5 cm³/mol. The van der Waals surface area contributed by atoms with Crippen LogP contribution in [0.25, 0.3) is 0 Å². The molecule has 0 aromatic heterocycles. The number of aliphatic carboxylic acids is 1. The number of aliphatic hydroxyl groups excluding tert-OH is 2. The maximum Gasteiger partial charge on any atom is 0.300 e. The van der Waals surface area contributed by atoms with Crippen LogP contribution in [0.3, 0.4) is 0 Å². The van der Waals surface area contributed by atoms with Crippen molar-refractivity contribution in [2.45, 2.75) is 13.2 Å². The van der Waals surface area contributed by atoms with Gasteiger partial charge in [-0.05, 0) is 12.1 Å². The lowest BCUT2D eigenvalue weighted by Crippen LogP contribution is -2.19. The molecule has 0 saturated heterocycles. The fraction of sp³-hybridized carbons (Fsp3) is 0.300. The molecular weight excluding hydrogens is 200 g/mol. The third-order valence-electron chi connectivity index (χ3n) is 1.17. The molecule has 3 N–H and O–H groups in total. The Morgan fingerprint density at radius 2 is 1.87 bits per heavy atom. The highest BCUT2D eigenvalue weighted by atomic mass is 16.6. The minimum absolute atomic E-state index is 0.394. The lowest BCUT2D eigenvalue weighted by atomic mass is 10.3. The number of hydrogen-bond acceptors (Lipinski definition) is 4. The van der Waals surface area contributed by atoms with Crippen molar-refractivity contribution in [3.63, 3.8) is 0 Å². The SMILES string of the molecule is CC(=O)O.OCC(O)Oc1ccccc1. The summed E-state index contributed by atoms with van der Waals surface area (Å²) in [5, 5.41) is 24.7. The summed E-state index contributed by atoms with van der Waals surface area (Å²) in [4.78, 5) is 9.00. The average molecular weight is 214 g/mol. The Hall–Kier alpha value is -1.59. The Balaban J connectivity index is 0.000000423. The van der Waals surface area contributed by atoms with Crippen LogP contribution in [0.4, 0.5) is 0 Å². The average Bonchev–Trinajstić information content (AvgIpc) is 2.18. The normalized spacial score (nSPS) is 10.9. The molecule has 0 aliphatic carbocycles. The Morgan fingerprint density at radius 1 is 1.40 bits per heavy atom. The van der Waals surface area contributed by atoms with Gasteiger partial charge in [-0.1, -0.05) is 18.2 Å². The minimum Gasteiger partial charge on any atom is -0.481 e. The van der Waals surface area contributed by atoms with Gasteiger partial charge in [0.05, 0.1) is 0 Å². The smallest absolute Gasteiger partial charge is 0.300 e. The number of carboxylic acid groups (broad SMARTS) is 1. The van der Waals surface area contributed by atoms with Gasteiger partial charge in [0.1, 0.15) is 12.4 Å². The summed E-state index contributed by atoms with van der Waals surface area (Å²) < 4.78 is 4.87. The molecule has 0 saturated carbocycles. The first-order valence-electron chi connectivity index (χ1n) is 4.26. The molecule has 1 aromatic carbocycles. The van der Waals surface area contributed by atoms with Crippen LogP contribution < -0.4 is 4.74 Å². The van der Waals surface area contributed by atoms with Gasteiger partial charge in [-0.2, -0.15) is 0 Å². The van der Waals surface area contributed by atoms with Crippen molar-refractivity contribution < 1.29 is 24.9 Å². The number of rotatable bonds is 3. The molecule has 1 rings (SSSR count). The molecule has 0 bridgehead atoms. The number of benzene rings is 1. The molecule has 0 heterocycles. The van der Waals surface area contributed by atoms with Crippen LogP contribution in [0, 0.1) is 0 Å². The van der Waals surface area contributed by atoms with Crippen LogP contribution in [0.2, 0.25) is 0 Å². The molecule has 15 heavy (non-hydrogen) atoms. The number of hydrogen-bond donors (Lipinski definition) is 3. The zero-order valence-electron chi connectivity index (χ0n) is 8.33. The minimum atomic E-state index is -1.13. The van der Waals surface area contributed by atoms with Gasteiger partial charge in [0, 0.05) is 6.92 Å². The van der Waals surface area contributed by atoms with E-state index in [1.165, 1.54) is 0 Å². The van der Waals surface area contributed by atoms with Gasteiger partial charge >= 0.3 is 0 Å². The van der Waals surface area contributed by atoms with Gasteiger partial charge in [-0.25, -0.2) is 0 Å². The molecule has 1 atom stereocenters. The van der Waals surface area contributed by atoms with Gasteiger partial charge in [0.2, 0.25) is 6.29 Å². The summed E-state index contributed by atoms with van der Waals surface area (Å²) in [7, 11) is 0. The number of ether oxygens (including phenoxy) is 1. The first-order chi connectivity index (χ1) is 7.06. The van der Waals surface area contributed by atoms with Crippen molar-refractivity contribution in [1.29, 1.82) is 0 Å². The van der Waals surface area contributed by atoms with Crippen LogP contribution in [0.15, 0.2) is 30.3 Å². The standard InChI is InChI=1S/C8H10O3.C2H4O2/c9-6-8(10)11-7-4-2-1-3-5-7;1-2(3)4/h1-5,8-10H,6H2;1H3,(H,3,4). The molecule has 1 aromatic rings. The number of carboxylic acids is 1. The maximum atomic E-state index is 9.00. The Kier molecular flexibility index (Phi) is 6.96. The van der Waals surface area contributed by atoms with Crippen LogP contribution in [-0.2, 0) is 4.79 Å². The molecule has 1 unspecified atom stereocenters. The van der Waals surface area contributed by atoms with Gasteiger partial charge < -0.3 is 20.1 Å². The third-order valence-corrected chi connectivity index (χ3v) is 1.17. The molecule has 0 aliphatic rings. The summed E-state index contributed by atoms with van der Waals surface area (Å²) in [6.07, 6.45) is -1.13. The second kappa shape index (κ2) is 7.78. The molecule has 5 heteroatoms. The summed E-state index contributed by atoms with van der Waals surface area (Å²) in [5.74, 6) is -0.283. The van der Waals surface area contributed by atoms with Crippen molar-refractivity contribution in [2.75, 3.05) is 6.61 Å². The van der Waals surface area contributed by atoms with Crippen molar-refractivity contribution in [3.05, 3.63) is 30.3 Å². The van der Waals surface area contributed by atoms with E-state index in [0.717, 1.165) is 6.92 Å². The van der Waals surface area contributed by atoms with E-state index in [2.05, 4.69) is 0 Å². The van der Waals surface area contributed by atoms with Crippen molar-refractivity contribution in [1.82, 2.24) is 0 Å². The first-order valence-corrected chi connectivity index (χ1v) is 4.26. The van der Waals surface area contributed by atoms with Crippen molar-refractivity contribution in [3.8, 4) is 5.75 Å². The van der Waals surface area contributed by atoms with Crippen LogP contribution in [0.1, 0.15) is 6.92 Å². The number of para-hydroxylation sites is 1. The monoisotopic (exact) mass is 214 g/mol. The molecule has 0 radical (unpaired) electrons. The lowest BCUT2D eigenvalue weighted by Gasteiger charge is -2.09. The summed E-state index contributed by atoms with van der Waals surface area (Å²) in [6, 6.07) is 8.84. The third kappa shape index (κ3) is 8.73. The second-order valence-corrected chi connectivity index (χ2v) is 2.59. The van der Waals surface area contributed by atoms with E-state index in [9.17, 15) is 0 Å². The highest BCUT2D eigenvalue weighted by Gasteiger charge is 2.00. The van der Waals surface area contributed by atoms with E-state index in [0.29, 0.717) is 5.75 Å². The van der Waals surface area contributed by atoms with E-state index in [1.54, 1.807) is 24.3 Å². The summed E-state index contributed by atoms with van der Waals surface area (Å²) >= 11 is 0. The zero-order valence-corrected chi connectivity index (χ0v) is 8.33. The Bertz CT molecular complexity index is 268. The van der Waals surface area contributed by atoms with E-state index >= 15 is 0 Å². The van der Waals surface area contributed by atoms with Gasteiger partial charge in [0.25, 0.3) is 5.97 Å². The van der Waals surface area contributed by atoms with Crippen LogP contribution in [0.5, 0.6) is 5.75 Å². The van der Waals surface area contributed by atoms with E-state index in [4.69, 9.17) is 24.9 Å². The topological polar surface area (TPSA) is 87.0 Å². The fourth-order valence-corrected chi connectivity index (χ4v) is 0.693. The van der Waals surface area contributed by atoms with Gasteiger partial charge in [0.15, 0.2) is 0 Å². The molecule has 0 spiro atoms. The highest BCUT2D eigenvalue weighted by Crippen LogP contribution is 2.09. The molecular formula is C10H14O5. The van der Waals surface area contributed by atoms with E-state index in [1.807, 2.05) is 6.07 Å². The zero-order chi connectivity index (χ0) is 11.7. The summed E-state index contributed by atoms with van der Waals surface area (Å²) in [5.41, 5.74) is 0.